The molecule has 6 nitrogen and oxygen atoms in total. The van der Waals surface area contributed by atoms with E-state index in [1.807, 2.05) is 0 Å². The van der Waals surface area contributed by atoms with Gasteiger partial charge in [-0.1, -0.05) is 0 Å². The highest BCUT2D eigenvalue weighted by molar-refractivity contribution is 6.08. The van der Waals surface area contributed by atoms with Gasteiger partial charge in [-0.15, -0.1) is 0 Å². The quantitative estimate of drug-likeness (QED) is 0.736. The largest absolute Gasteiger partial charge is 0.336 e. The van der Waals surface area contributed by atoms with E-state index in [2.05, 4.69) is 10.6 Å². The molecule has 1 aromatic carbocycles. The zero-order valence-electron chi connectivity index (χ0n) is 10.8. The van der Waals surface area contributed by atoms with Crippen LogP contribution in [0.1, 0.15) is 16.8 Å². The number of likely N-dealkylation sites (tertiary alicyclic amines) is 1. The molecule has 8 heteroatoms. The van der Waals surface area contributed by atoms with E-state index in [1.165, 1.54) is 4.90 Å². The lowest BCUT2D eigenvalue weighted by atomic mass is 9.99. The Hall–Kier alpha value is -2.51. The van der Waals surface area contributed by atoms with Crippen molar-refractivity contribution in [1.29, 1.82) is 0 Å². The maximum atomic E-state index is 13.2. The van der Waals surface area contributed by atoms with Crippen molar-refractivity contribution in [3.63, 3.8) is 0 Å². The van der Waals surface area contributed by atoms with Gasteiger partial charge in [0.1, 0.15) is 17.2 Å². The molecule has 1 aromatic rings. The molecule has 0 aliphatic carbocycles. The lowest BCUT2D eigenvalue weighted by molar-refractivity contribution is -0.123. The van der Waals surface area contributed by atoms with Crippen molar-refractivity contribution in [2.45, 2.75) is 12.0 Å². The van der Waals surface area contributed by atoms with E-state index in [1.54, 1.807) is 0 Å². The molecule has 1 spiro atoms. The van der Waals surface area contributed by atoms with E-state index in [0.717, 1.165) is 12.1 Å². The second kappa shape index (κ2) is 4.51. The number of imide groups is 1. The van der Waals surface area contributed by atoms with Crippen molar-refractivity contribution in [3.8, 4) is 0 Å². The van der Waals surface area contributed by atoms with Gasteiger partial charge in [0.15, 0.2) is 0 Å². The van der Waals surface area contributed by atoms with Crippen LogP contribution in [0.3, 0.4) is 0 Å². The number of hydrogen-bond acceptors (Lipinski definition) is 3. The lowest BCUT2D eigenvalue weighted by Crippen LogP contribution is -2.49. The molecular formula is C13H11F2N3O3. The van der Waals surface area contributed by atoms with Crippen LogP contribution in [0.25, 0.3) is 0 Å². The van der Waals surface area contributed by atoms with E-state index in [-0.39, 0.29) is 25.1 Å². The van der Waals surface area contributed by atoms with E-state index < -0.39 is 35.0 Å². The smallest absolute Gasteiger partial charge is 0.322 e. The summed E-state index contributed by atoms with van der Waals surface area (Å²) in [5.41, 5.74) is -1.27. The first-order chi connectivity index (χ1) is 9.89. The van der Waals surface area contributed by atoms with Crippen LogP contribution in [0.4, 0.5) is 13.6 Å². The third-order valence-corrected chi connectivity index (χ3v) is 3.68. The standard InChI is InChI=1S/C13H11F2N3O3/c14-8-3-7(4-9(15)5-8)10(19)18-2-1-13(6-18)11(20)16-12(21)17-13/h3-5H,1-2,6H2,(H2,16,17,20,21). The molecule has 4 amide bonds. The zero-order chi connectivity index (χ0) is 15.2. The number of benzene rings is 1. The number of hydrogen-bond donors (Lipinski definition) is 2. The first-order valence-corrected chi connectivity index (χ1v) is 6.29. The van der Waals surface area contributed by atoms with Crippen LogP contribution in [0.15, 0.2) is 18.2 Å². The van der Waals surface area contributed by atoms with Crippen molar-refractivity contribution in [2.75, 3.05) is 13.1 Å². The highest BCUT2D eigenvalue weighted by Gasteiger charge is 2.51. The van der Waals surface area contributed by atoms with E-state index in [9.17, 15) is 23.2 Å². The van der Waals surface area contributed by atoms with E-state index in [0.29, 0.717) is 6.07 Å². The highest BCUT2D eigenvalue weighted by atomic mass is 19.1. The molecule has 0 saturated carbocycles. The van der Waals surface area contributed by atoms with E-state index >= 15 is 0 Å². The zero-order valence-corrected chi connectivity index (χ0v) is 10.8. The molecule has 110 valence electrons. The van der Waals surface area contributed by atoms with Crippen LogP contribution < -0.4 is 10.6 Å². The molecule has 2 N–H and O–H groups in total. The van der Waals surface area contributed by atoms with Gasteiger partial charge < -0.3 is 10.2 Å². The summed E-state index contributed by atoms with van der Waals surface area (Å²) in [7, 11) is 0. The van der Waals surface area contributed by atoms with Crippen molar-refractivity contribution in [3.05, 3.63) is 35.4 Å². The lowest BCUT2D eigenvalue weighted by Gasteiger charge is -2.21. The van der Waals surface area contributed by atoms with Crippen LogP contribution in [-0.2, 0) is 4.79 Å². The molecular weight excluding hydrogens is 284 g/mol. The van der Waals surface area contributed by atoms with Gasteiger partial charge in [0, 0.05) is 18.2 Å². The molecule has 2 aliphatic rings. The Morgan fingerprint density at radius 3 is 2.43 bits per heavy atom. The molecule has 2 saturated heterocycles. The predicted octanol–water partition coefficient (Wildman–Crippen LogP) is 0.389. The van der Waals surface area contributed by atoms with Crippen molar-refractivity contribution in [2.24, 2.45) is 0 Å². The first kappa shape index (κ1) is 13.5. The Labute approximate surface area is 118 Å². The monoisotopic (exact) mass is 295 g/mol. The number of nitrogens with zero attached hydrogens (tertiary/aromatic N) is 1. The fraction of sp³-hybridized carbons (Fsp3) is 0.308. The first-order valence-electron chi connectivity index (χ1n) is 6.29. The number of urea groups is 1. The Bertz CT molecular complexity index is 644. The number of carbonyl (C=O) groups excluding carboxylic acids is 3. The number of halogens is 2. The average molecular weight is 295 g/mol. The predicted molar refractivity (Wildman–Crippen MR) is 66.3 cm³/mol. The third kappa shape index (κ3) is 2.22. The molecule has 3 rings (SSSR count). The van der Waals surface area contributed by atoms with Crippen LogP contribution in [0.2, 0.25) is 0 Å². The molecule has 2 heterocycles. The molecule has 21 heavy (non-hydrogen) atoms. The SMILES string of the molecule is O=C1NC(=O)C2(CCN(C(=O)c3cc(F)cc(F)c3)C2)N1. The summed E-state index contributed by atoms with van der Waals surface area (Å²) in [6.45, 7) is 0.187. The Morgan fingerprint density at radius 1 is 1.19 bits per heavy atom. The maximum absolute atomic E-state index is 13.2. The number of nitrogens with one attached hydrogen (secondary N) is 2. The Balaban J connectivity index is 1.81. The fourth-order valence-corrected chi connectivity index (χ4v) is 2.66. The van der Waals surface area contributed by atoms with Gasteiger partial charge in [0.2, 0.25) is 0 Å². The van der Waals surface area contributed by atoms with Crippen LogP contribution in [-0.4, -0.2) is 41.4 Å². The topological polar surface area (TPSA) is 78.5 Å². The number of rotatable bonds is 1. The van der Waals surface area contributed by atoms with E-state index in [4.69, 9.17) is 0 Å². The van der Waals surface area contributed by atoms with Gasteiger partial charge in [-0.25, -0.2) is 13.6 Å². The molecule has 1 unspecified atom stereocenters. The third-order valence-electron chi connectivity index (χ3n) is 3.68. The van der Waals surface area contributed by atoms with Gasteiger partial charge in [0.05, 0.1) is 6.54 Å². The van der Waals surface area contributed by atoms with Gasteiger partial charge >= 0.3 is 6.03 Å². The van der Waals surface area contributed by atoms with Gasteiger partial charge in [-0.3, -0.25) is 14.9 Å². The summed E-state index contributed by atoms with van der Waals surface area (Å²) in [4.78, 5) is 36.5. The normalized spacial score (nSPS) is 24.4. The summed E-state index contributed by atoms with van der Waals surface area (Å²) >= 11 is 0. The number of carbonyl (C=O) groups is 3. The van der Waals surface area contributed by atoms with Crippen LogP contribution >= 0.6 is 0 Å². The summed E-state index contributed by atoms with van der Waals surface area (Å²) in [6.07, 6.45) is 0.258. The second-order valence-electron chi connectivity index (χ2n) is 5.13. The van der Waals surface area contributed by atoms with Gasteiger partial charge in [-0.05, 0) is 18.6 Å². The van der Waals surface area contributed by atoms with Crippen LogP contribution in [0.5, 0.6) is 0 Å². The molecule has 2 fully saturated rings. The minimum Gasteiger partial charge on any atom is -0.336 e. The Kier molecular flexibility index (Phi) is 2.89. The van der Waals surface area contributed by atoms with Gasteiger partial charge in [0.25, 0.3) is 11.8 Å². The van der Waals surface area contributed by atoms with Crippen molar-refractivity contribution in [1.82, 2.24) is 15.5 Å². The fourth-order valence-electron chi connectivity index (χ4n) is 2.66. The minimum absolute atomic E-state index is 0.0263. The van der Waals surface area contributed by atoms with Crippen molar-refractivity contribution >= 4 is 17.8 Å². The molecule has 0 aromatic heterocycles. The van der Waals surface area contributed by atoms with Crippen molar-refractivity contribution < 1.29 is 23.2 Å². The molecule has 0 radical (unpaired) electrons. The minimum atomic E-state index is -1.14. The maximum Gasteiger partial charge on any atom is 0.322 e. The summed E-state index contributed by atoms with van der Waals surface area (Å²) in [5.74, 6) is -2.77. The second-order valence-corrected chi connectivity index (χ2v) is 5.13. The average Bonchev–Trinajstić information content (AvgIpc) is 2.93. The highest BCUT2D eigenvalue weighted by Crippen LogP contribution is 2.26. The molecule has 0 bridgehead atoms. The molecule has 2 aliphatic heterocycles. The summed E-state index contributed by atoms with van der Waals surface area (Å²) < 4.78 is 26.3. The summed E-state index contributed by atoms with van der Waals surface area (Å²) in [5, 5.41) is 4.62. The van der Waals surface area contributed by atoms with Crippen LogP contribution in [0, 0.1) is 11.6 Å². The Morgan fingerprint density at radius 2 is 1.86 bits per heavy atom. The number of amides is 4. The van der Waals surface area contributed by atoms with Gasteiger partial charge in [-0.2, -0.15) is 0 Å². The summed E-state index contributed by atoms with van der Waals surface area (Å²) in [6, 6.07) is 1.94. The molecule has 1 atom stereocenters.